The number of benzene rings is 1. The molecule has 0 saturated carbocycles. The van der Waals surface area contributed by atoms with Crippen LogP contribution in [0.25, 0.3) is 0 Å². The monoisotopic (exact) mass is 339 g/mol. The topological polar surface area (TPSA) is 90.4 Å². The average Bonchev–Trinajstić information content (AvgIpc) is 2.99. The second-order valence-electron chi connectivity index (χ2n) is 3.89. The molecule has 9 heteroatoms. The van der Waals surface area contributed by atoms with Crippen molar-refractivity contribution in [3.8, 4) is 5.75 Å². The molecule has 0 fully saturated rings. The van der Waals surface area contributed by atoms with Crippen molar-refractivity contribution in [1.82, 2.24) is 10.2 Å². The lowest BCUT2D eigenvalue weighted by atomic mass is 10.3. The molecule has 1 heterocycles. The summed E-state index contributed by atoms with van der Waals surface area (Å²) in [5.41, 5.74) is 0. The van der Waals surface area contributed by atoms with E-state index in [1.807, 2.05) is 18.2 Å². The van der Waals surface area contributed by atoms with Crippen LogP contribution in [0, 0.1) is 0 Å². The number of ether oxygens (including phenoxy) is 2. The first-order valence-electron chi connectivity index (χ1n) is 6.18. The minimum absolute atomic E-state index is 0.117. The van der Waals surface area contributed by atoms with Gasteiger partial charge in [-0.3, -0.25) is 14.9 Å². The van der Waals surface area contributed by atoms with Crippen LogP contribution in [0.15, 0.2) is 34.7 Å². The predicted octanol–water partition coefficient (Wildman–Crippen LogP) is 1.82. The Morgan fingerprint density at radius 1 is 1.27 bits per heavy atom. The molecule has 0 radical (unpaired) electrons. The van der Waals surface area contributed by atoms with E-state index in [1.54, 1.807) is 12.1 Å². The van der Waals surface area contributed by atoms with E-state index < -0.39 is 0 Å². The van der Waals surface area contributed by atoms with Crippen molar-refractivity contribution in [1.29, 1.82) is 0 Å². The van der Waals surface area contributed by atoms with Crippen molar-refractivity contribution in [2.75, 3.05) is 24.8 Å². The normalized spacial score (nSPS) is 10.0. The maximum atomic E-state index is 11.7. The maximum Gasteiger partial charge on any atom is 0.316 e. The van der Waals surface area contributed by atoms with E-state index >= 15 is 0 Å². The molecule has 7 nitrogen and oxygen atoms in total. The average molecular weight is 339 g/mol. The molecule has 0 aliphatic heterocycles. The van der Waals surface area contributed by atoms with Crippen LogP contribution >= 0.6 is 23.1 Å². The fraction of sp³-hybridized carbons (Fsp3) is 0.231. The summed E-state index contributed by atoms with van der Waals surface area (Å²) in [4.78, 5) is 22.7. The number of carbonyl (C=O) groups is 2. The van der Waals surface area contributed by atoms with Gasteiger partial charge in [0.15, 0.2) is 10.9 Å². The third kappa shape index (κ3) is 5.34. The molecule has 0 bridgehead atoms. The van der Waals surface area contributed by atoms with E-state index in [0.717, 1.165) is 0 Å². The van der Waals surface area contributed by atoms with Gasteiger partial charge in [-0.1, -0.05) is 41.3 Å². The number of nitrogens with zero attached hydrogens (tertiary/aromatic N) is 2. The number of methoxy groups -OCH3 is 1. The number of hydrogen-bond acceptors (Lipinski definition) is 8. The molecule has 1 N–H and O–H groups in total. The van der Waals surface area contributed by atoms with Crippen molar-refractivity contribution in [2.45, 2.75) is 4.34 Å². The highest BCUT2D eigenvalue weighted by Crippen LogP contribution is 2.25. The summed E-state index contributed by atoms with van der Waals surface area (Å²) in [5.74, 6) is 0.0896. The lowest BCUT2D eigenvalue weighted by molar-refractivity contribution is -0.137. The molecule has 1 aromatic heterocycles. The van der Waals surface area contributed by atoms with Gasteiger partial charge in [-0.25, -0.2) is 0 Å². The molecule has 22 heavy (non-hydrogen) atoms. The van der Waals surface area contributed by atoms with Gasteiger partial charge in [0.1, 0.15) is 5.75 Å². The first-order valence-corrected chi connectivity index (χ1v) is 7.98. The number of nitrogens with one attached hydrogen (secondary N) is 1. The zero-order chi connectivity index (χ0) is 15.8. The Morgan fingerprint density at radius 2 is 2.05 bits per heavy atom. The van der Waals surface area contributed by atoms with Crippen LogP contribution in [0.5, 0.6) is 5.75 Å². The van der Waals surface area contributed by atoms with Gasteiger partial charge in [0.05, 0.1) is 12.9 Å². The van der Waals surface area contributed by atoms with Gasteiger partial charge < -0.3 is 9.47 Å². The Labute approximate surface area is 135 Å². The van der Waals surface area contributed by atoms with E-state index in [4.69, 9.17) is 4.74 Å². The number of esters is 1. The highest BCUT2D eigenvalue weighted by molar-refractivity contribution is 8.01. The Bertz CT molecular complexity index is 633. The number of thioether (sulfide) groups is 1. The largest absolute Gasteiger partial charge is 0.484 e. The number of anilines is 1. The van der Waals surface area contributed by atoms with E-state index in [-0.39, 0.29) is 24.2 Å². The third-order valence-electron chi connectivity index (χ3n) is 2.31. The lowest BCUT2D eigenvalue weighted by Crippen LogP contribution is -2.20. The summed E-state index contributed by atoms with van der Waals surface area (Å²) >= 11 is 2.38. The van der Waals surface area contributed by atoms with Crippen LogP contribution in [0.3, 0.4) is 0 Å². The van der Waals surface area contributed by atoms with Crippen molar-refractivity contribution in [3.63, 3.8) is 0 Å². The molecule has 0 atom stereocenters. The molecule has 0 aliphatic rings. The third-order valence-corrected chi connectivity index (χ3v) is 4.25. The minimum atomic E-state index is -0.345. The zero-order valence-electron chi connectivity index (χ0n) is 11.6. The molecular weight excluding hydrogens is 326 g/mol. The van der Waals surface area contributed by atoms with Gasteiger partial charge in [-0.15, -0.1) is 10.2 Å². The van der Waals surface area contributed by atoms with Crippen LogP contribution in [0.4, 0.5) is 5.13 Å². The molecule has 1 aromatic carbocycles. The van der Waals surface area contributed by atoms with Gasteiger partial charge >= 0.3 is 5.97 Å². The van der Waals surface area contributed by atoms with E-state index in [1.165, 1.54) is 30.2 Å². The molecule has 2 rings (SSSR count). The Morgan fingerprint density at radius 3 is 2.77 bits per heavy atom. The Kier molecular flexibility index (Phi) is 6.16. The number of para-hydroxylation sites is 1. The summed E-state index contributed by atoms with van der Waals surface area (Å²) in [6.45, 7) is -0.117. The van der Waals surface area contributed by atoms with Crippen LogP contribution in [-0.2, 0) is 14.3 Å². The fourth-order valence-electron chi connectivity index (χ4n) is 1.32. The molecular formula is C13H13N3O4S2. The SMILES string of the molecule is COC(=O)CSc1nnc(NC(=O)COc2ccccc2)s1. The number of carbonyl (C=O) groups excluding carboxylic acids is 2. The van der Waals surface area contributed by atoms with Crippen LogP contribution in [0.1, 0.15) is 0 Å². The first-order chi connectivity index (χ1) is 10.7. The lowest BCUT2D eigenvalue weighted by Gasteiger charge is -2.04. The molecule has 2 aromatic rings. The summed E-state index contributed by atoms with van der Waals surface area (Å²) in [5, 5.41) is 10.6. The van der Waals surface area contributed by atoms with Crippen molar-refractivity contribution in [2.24, 2.45) is 0 Å². The second kappa shape index (κ2) is 8.35. The fourth-order valence-corrected chi connectivity index (χ4v) is 2.92. The molecule has 0 unspecified atom stereocenters. The van der Waals surface area contributed by atoms with Crippen molar-refractivity contribution < 1.29 is 19.1 Å². The standard InChI is InChI=1S/C13H13N3O4S2/c1-19-11(18)8-21-13-16-15-12(22-13)14-10(17)7-20-9-5-3-2-4-6-9/h2-6H,7-8H2,1H3,(H,14,15,17). The smallest absolute Gasteiger partial charge is 0.316 e. The zero-order valence-corrected chi connectivity index (χ0v) is 13.3. The van der Waals surface area contributed by atoms with Crippen LogP contribution < -0.4 is 10.1 Å². The van der Waals surface area contributed by atoms with Gasteiger partial charge in [0.2, 0.25) is 5.13 Å². The summed E-state index contributed by atoms with van der Waals surface area (Å²) in [6, 6.07) is 9.03. The molecule has 116 valence electrons. The summed E-state index contributed by atoms with van der Waals surface area (Å²) < 4.78 is 10.4. The Balaban J connectivity index is 1.77. The number of aromatic nitrogens is 2. The van der Waals surface area contributed by atoms with Crippen LogP contribution in [0.2, 0.25) is 0 Å². The number of amides is 1. The van der Waals surface area contributed by atoms with E-state index in [9.17, 15) is 9.59 Å². The maximum absolute atomic E-state index is 11.7. The second-order valence-corrected chi connectivity index (χ2v) is 6.09. The molecule has 1 amide bonds. The van der Waals surface area contributed by atoms with Crippen LogP contribution in [-0.4, -0.2) is 41.5 Å². The molecule has 0 aliphatic carbocycles. The highest BCUT2D eigenvalue weighted by Gasteiger charge is 2.11. The number of rotatable bonds is 7. The summed E-state index contributed by atoms with van der Waals surface area (Å²) in [6.07, 6.45) is 0. The van der Waals surface area contributed by atoms with Gasteiger partial charge in [-0.05, 0) is 12.1 Å². The quantitative estimate of drug-likeness (QED) is 0.467. The minimum Gasteiger partial charge on any atom is -0.484 e. The molecule has 0 saturated heterocycles. The first kappa shape index (κ1) is 16.2. The predicted molar refractivity (Wildman–Crippen MR) is 83.2 cm³/mol. The molecule has 0 spiro atoms. The van der Waals surface area contributed by atoms with E-state index in [2.05, 4.69) is 20.3 Å². The van der Waals surface area contributed by atoms with Gasteiger partial charge in [0, 0.05) is 0 Å². The van der Waals surface area contributed by atoms with Gasteiger partial charge in [0.25, 0.3) is 5.91 Å². The van der Waals surface area contributed by atoms with Crippen molar-refractivity contribution >= 4 is 40.1 Å². The number of hydrogen-bond donors (Lipinski definition) is 1. The summed E-state index contributed by atoms with van der Waals surface area (Å²) in [7, 11) is 1.32. The van der Waals surface area contributed by atoms with Crippen molar-refractivity contribution in [3.05, 3.63) is 30.3 Å². The van der Waals surface area contributed by atoms with Gasteiger partial charge in [-0.2, -0.15) is 0 Å². The highest BCUT2D eigenvalue weighted by atomic mass is 32.2. The Hall–Kier alpha value is -2.13. The van der Waals surface area contributed by atoms with E-state index in [0.29, 0.717) is 15.2 Å².